The van der Waals surface area contributed by atoms with Crippen molar-refractivity contribution < 1.29 is 4.39 Å². The summed E-state index contributed by atoms with van der Waals surface area (Å²) in [5, 5.41) is 0.441. The summed E-state index contributed by atoms with van der Waals surface area (Å²) in [5.41, 5.74) is 6.64. The van der Waals surface area contributed by atoms with E-state index in [1.54, 1.807) is 12.1 Å². The van der Waals surface area contributed by atoms with Crippen LogP contribution in [0.4, 0.5) is 4.39 Å². The zero-order chi connectivity index (χ0) is 10.9. The smallest absolute Gasteiger partial charge is 0.124 e. The Bertz CT molecular complexity index is 329. The first-order valence-corrected chi connectivity index (χ1v) is 4.93. The molecule has 0 bridgehead atoms. The molecule has 0 amide bonds. The Morgan fingerprint density at radius 1 is 1.43 bits per heavy atom. The van der Waals surface area contributed by atoms with E-state index >= 15 is 0 Å². The topological polar surface area (TPSA) is 26.0 Å². The lowest BCUT2D eigenvalue weighted by Gasteiger charge is -2.24. The summed E-state index contributed by atoms with van der Waals surface area (Å²) in [7, 11) is 0. The summed E-state index contributed by atoms with van der Waals surface area (Å²) in [4.78, 5) is 0. The van der Waals surface area contributed by atoms with Crippen LogP contribution in [0.15, 0.2) is 18.2 Å². The molecule has 0 aliphatic heterocycles. The Balaban J connectivity index is 3.36. The van der Waals surface area contributed by atoms with E-state index in [1.165, 1.54) is 6.92 Å². The number of benzene rings is 1. The second-order valence-electron chi connectivity index (χ2n) is 4.04. The normalized spacial score (nSPS) is 14.1. The van der Waals surface area contributed by atoms with Crippen LogP contribution in [-0.4, -0.2) is 0 Å². The van der Waals surface area contributed by atoms with Gasteiger partial charge >= 0.3 is 0 Å². The molecule has 0 saturated heterocycles. The van der Waals surface area contributed by atoms with Crippen LogP contribution in [0.25, 0.3) is 0 Å². The number of hydrogen-bond donors (Lipinski definition) is 1. The fourth-order valence-electron chi connectivity index (χ4n) is 1.50. The SMILES string of the molecule is CC(F)c1c(Cl)cccc1C(C)(C)N. The monoisotopic (exact) mass is 215 g/mol. The van der Waals surface area contributed by atoms with Gasteiger partial charge in [-0.25, -0.2) is 4.39 Å². The minimum atomic E-state index is -1.10. The maximum atomic E-state index is 13.3. The average molecular weight is 216 g/mol. The van der Waals surface area contributed by atoms with E-state index in [1.807, 2.05) is 19.9 Å². The van der Waals surface area contributed by atoms with Crippen molar-refractivity contribution in [3.63, 3.8) is 0 Å². The predicted octanol–water partition coefficient (Wildman–Crippen LogP) is 3.56. The van der Waals surface area contributed by atoms with Crippen LogP contribution in [0, 0.1) is 0 Å². The van der Waals surface area contributed by atoms with E-state index in [-0.39, 0.29) is 0 Å². The van der Waals surface area contributed by atoms with E-state index in [0.29, 0.717) is 10.6 Å². The van der Waals surface area contributed by atoms with Crippen LogP contribution in [0.2, 0.25) is 5.02 Å². The predicted molar refractivity (Wildman–Crippen MR) is 58.2 cm³/mol. The van der Waals surface area contributed by atoms with Gasteiger partial charge in [0.15, 0.2) is 0 Å². The standard InChI is InChI=1S/C11H15ClFN/c1-7(13)10-8(11(2,3)14)5-4-6-9(10)12/h4-7H,14H2,1-3H3. The molecule has 78 valence electrons. The highest BCUT2D eigenvalue weighted by atomic mass is 35.5. The third kappa shape index (κ3) is 2.25. The molecule has 3 heteroatoms. The highest BCUT2D eigenvalue weighted by Crippen LogP contribution is 2.33. The van der Waals surface area contributed by atoms with Crippen LogP contribution < -0.4 is 5.73 Å². The molecule has 0 fully saturated rings. The molecule has 2 N–H and O–H groups in total. The van der Waals surface area contributed by atoms with Gasteiger partial charge in [0.2, 0.25) is 0 Å². The zero-order valence-corrected chi connectivity index (χ0v) is 9.40. The summed E-state index contributed by atoms with van der Waals surface area (Å²) in [6, 6.07) is 5.29. The molecule has 1 atom stereocenters. The van der Waals surface area contributed by atoms with Crippen LogP contribution in [-0.2, 0) is 5.54 Å². The van der Waals surface area contributed by atoms with Gasteiger partial charge in [0.1, 0.15) is 6.17 Å². The highest BCUT2D eigenvalue weighted by molar-refractivity contribution is 6.31. The fourth-order valence-corrected chi connectivity index (χ4v) is 1.83. The van der Waals surface area contributed by atoms with Crippen molar-refractivity contribution in [2.45, 2.75) is 32.5 Å². The summed E-state index contributed by atoms with van der Waals surface area (Å²) in [5.74, 6) is 0. The number of nitrogens with two attached hydrogens (primary N) is 1. The summed E-state index contributed by atoms with van der Waals surface area (Å²) in [6.07, 6.45) is -1.10. The molecule has 1 unspecified atom stereocenters. The van der Waals surface area contributed by atoms with Crippen molar-refractivity contribution in [1.29, 1.82) is 0 Å². The van der Waals surface area contributed by atoms with Crippen LogP contribution >= 0.6 is 11.6 Å². The molecule has 0 saturated carbocycles. The Morgan fingerprint density at radius 2 is 2.00 bits per heavy atom. The van der Waals surface area contributed by atoms with Crippen molar-refractivity contribution in [1.82, 2.24) is 0 Å². The third-order valence-electron chi connectivity index (χ3n) is 2.14. The van der Waals surface area contributed by atoms with E-state index in [0.717, 1.165) is 5.56 Å². The van der Waals surface area contributed by atoms with Gasteiger partial charge < -0.3 is 5.73 Å². The first kappa shape index (κ1) is 11.5. The largest absolute Gasteiger partial charge is 0.322 e. The Labute approximate surface area is 89.1 Å². The Kier molecular flexibility index (Phi) is 3.17. The second kappa shape index (κ2) is 3.87. The van der Waals surface area contributed by atoms with E-state index in [9.17, 15) is 4.39 Å². The van der Waals surface area contributed by atoms with Crippen molar-refractivity contribution in [2.75, 3.05) is 0 Å². The molecule has 0 aromatic heterocycles. The number of rotatable bonds is 2. The summed E-state index contributed by atoms with van der Waals surface area (Å²) < 4.78 is 13.3. The molecule has 1 aromatic carbocycles. The quantitative estimate of drug-likeness (QED) is 0.802. The lowest BCUT2D eigenvalue weighted by Crippen LogP contribution is -2.30. The van der Waals surface area contributed by atoms with E-state index < -0.39 is 11.7 Å². The van der Waals surface area contributed by atoms with Gasteiger partial charge in [0, 0.05) is 16.1 Å². The van der Waals surface area contributed by atoms with E-state index in [2.05, 4.69) is 0 Å². The van der Waals surface area contributed by atoms with Gasteiger partial charge in [-0.05, 0) is 32.4 Å². The Hall–Kier alpha value is -0.600. The van der Waals surface area contributed by atoms with Gasteiger partial charge in [-0.15, -0.1) is 0 Å². The van der Waals surface area contributed by atoms with Gasteiger partial charge in [-0.3, -0.25) is 0 Å². The Morgan fingerprint density at radius 3 is 2.36 bits per heavy atom. The molecular formula is C11H15ClFN. The maximum Gasteiger partial charge on any atom is 0.124 e. The number of halogens is 2. The molecule has 1 aromatic rings. The molecule has 0 radical (unpaired) electrons. The molecule has 1 rings (SSSR count). The van der Waals surface area contributed by atoms with Gasteiger partial charge in [0.05, 0.1) is 0 Å². The van der Waals surface area contributed by atoms with Crippen LogP contribution in [0.1, 0.15) is 38.1 Å². The summed E-state index contributed by atoms with van der Waals surface area (Å²) in [6.45, 7) is 5.14. The van der Waals surface area contributed by atoms with Crippen molar-refractivity contribution >= 4 is 11.6 Å². The minimum Gasteiger partial charge on any atom is -0.322 e. The molecular weight excluding hydrogens is 201 g/mol. The average Bonchev–Trinajstić information content (AvgIpc) is 2.01. The minimum absolute atomic E-state index is 0.441. The van der Waals surface area contributed by atoms with Gasteiger partial charge in [0.25, 0.3) is 0 Å². The number of hydrogen-bond acceptors (Lipinski definition) is 1. The van der Waals surface area contributed by atoms with Crippen molar-refractivity contribution in [3.05, 3.63) is 34.3 Å². The zero-order valence-electron chi connectivity index (χ0n) is 8.64. The van der Waals surface area contributed by atoms with Crippen LogP contribution in [0.3, 0.4) is 0 Å². The first-order chi connectivity index (χ1) is 6.34. The van der Waals surface area contributed by atoms with Crippen molar-refractivity contribution in [2.24, 2.45) is 5.73 Å². The molecule has 14 heavy (non-hydrogen) atoms. The third-order valence-corrected chi connectivity index (χ3v) is 2.47. The van der Waals surface area contributed by atoms with Gasteiger partial charge in [-0.2, -0.15) is 0 Å². The van der Waals surface area contributed by atoms with E-state index in [4.69, 9.17) is 17.3 Å². The lowest BCUT2D eigenvalue weighted by molar-refractivity contribution is 0.365. The molecule has 0 aliphatic rings. The fraction of sp³-hybridized carbons (Fsp3) is 0.455. The van der Waals surface area contributed by atoms with Gasteiger partial charge in [-0.1, -0.05) is 23.7 Å². The second-order valence-corrected chi connectivity index (χ2v) is 4.45. The lowest BCUT2D eigenvalue weighted by atomic mass is 9.89. The van der Waals surface area contributed by atoms with Crippen LogP contribution in [0.5, 0.6) is 0 Å². The van der Waals surface area contributed by atoms with Crippen molar-refractivity contribution in [3.8, 4) is 0 Å². The molecule has 1 nitrogen and oxygen atoms in total. The molecule has 0 spiro atoms. The molecule has 0 aliphatic carbocycles. The summed E-state index contributed by atoms with van der Waals surface area (Å²) >= 11 is 5.93. The first-order valence-electron chi connectivity index (χ1n) is 4.56. The maximum absolute atomic E-state index is 13.3. The highest BCUT2D eigenvalue weighted by Gasteiger charge is 2.22. The number of alkyl halides is 1. The molecule has 0 heterocycles.